The molecule has 0 bridgehead atoms. The molecule has 150 valence electrons. The molecule has 4 rings (SSSR count). The predicted molar refractivity (Wildman–Crippen MR) is 98.6 cm³/mol. The van der Waals surface area contributed by atoms with E-state index in [0.29, 0.717) is 22.6 Å². The number of hydrogen-bond donors (Lipinski definition) is 0. The molecule has 0 radical (unpaired) electrons. The van der Waals surface area contributed by atoms with Gasteiger partial charge in [-0.05, 0) is 48.5 Å². The highest BCUT2D eigenvalue weighted by Crippen LogP contribution is 2.32. The fraction of sp³-hybridized carbons (Fsp3) is 0.250. The van der Waals surface area contributed by atoms with Crippen LogP contribution in [0, 0.1) is 13.8 Å². The van der Waals surface area contributed by atoms with Gasteiger partial charge in [0, 0.05) is 0 Å². The van der Waals surface area contributed by atoms with E-state index in [1.54, 1.807) is 0 Å². The highest BCUT2D eigenvalue weighted by molar-refractivity contribution is 7.98. The van der Waals surface area contributed by atoms with E-state index < -0.39 is 11.7 Å². The van der Waals surface area contributed by atoms with Gasteiger partial charge in [-0.3, -0.25) is 0 Å². The zero-order chi connectivity index (χ0) is 20.6. The second-order valence-corrected chi connectivity index (χ2v) is 7.99. The largest absolute Gasteiger partial charge is 0.416 e. The van der Waals surface area contributed by atoms with Gasteiger partial charge in [0.1, 0.15) is 4.88 Å². The Balaban J connectivity index is 1.48. The van der Waals surface area contributed by atoms with Crippen LogP contribution in [0.2, 0.25) is 0 Å². The summed E-state index contributed by atoms with van der Waals surface area (Å²) >= 11 is 2.69. The number of hydrogen-bond acceptors (Lipinski definition) is 9. The van der Waals surface area contributed by atoms with Crippen LogP contribution >= 0.6 is 23.1 Å². The summed E-state index contributed by atoms with van der Waals surface area (Å²) in [4.78, 5) is 5.15. The summed E-state index contributed by atoms with van der Waals surface area (Å²) in [5.41, 5.74) is 0.497. The van der Waals surface area contributed by atoms with Crippen molar-refractivity contribution in [3.8, 4) is 16.5 Å². The first-order chi connectivity index (χ1) is 13.8. The lowest BCUT2D eigenvalue weighted by atomic mass is 10.2. The standard InChI is InChI=1S/C16H12F3N7OS2/c1-8-13(29-9(2)20-8)14-22-23-15(27-14)28-7-12-21-24-25-26(12)11-5-3-10(4-6-11)16(17,18)19/h3-6H,7H2,1-2H3. The molecule has 0 aliphatic heterocycles. The molecule has 0 atom stereocenters. The highest BCUT2D eigenvalue weighted by Gasteiger charge is 2.30. The molecule has 0 aliphatic carbocycles. The Morgan fingerprint density at radius 2 is 1.86 bits per heavy atom. The summed E-state index contributed by atoms with van der Waals surface area (Å²) in [5.74, 6) is 1.10. The van der Waals surface area contributed by atoms with Crippen LogP contribution in [0.15, 0.2) is 33.9 Å². The van der Waals surface area contributed by atoms with Crippen LogP contribution in [-0.4, -0.2) is 35.4 Å². The molecule has 1 aromatic carbocycles. The van der Waals surface area contributed by atoms with Gasteiger partial charge in [0.25, 0.3) is 11.1 Å². The molecular weight excluding hydrogens is 427 g/mol. The SMILES string of the molecule is Cc1nc(C)c(-c2nnc(SCc3nnnn3-c3ccc(C(F)(F)F)cc3)o2)s1. The van der Waals surface area contributed by atoms with E-state index in [-0.39, 0.29) is 5.75 Å². The molecule has 0 saturated carbocycles. The van der Waals surface area contributed by atoms with Crippen LogP contribution in [0.4, 0.5) is 13.2 Å². The number of alkyl halides is 3. The Labute approximate surface area is 170 Å². The topological polar surface area (TPSA) is 95.4 Å². The Morgan fingerprint density at radius 3 is 2.52 bits per heavy atom. The second kappa shape index (κ2) is 7.55. The number of thiazole rings is 1. The Bertz CT molecular complexity index is 1130. The fourth-order valence-electron chi connectivity index (χ4n) is 2.50. The zero-order valence-corrected chi connectivity index (χ0v) is 16.6. The summed E-state index contributed by atoms with van der Waals surface area (Å²) in [5, 5.41) is 20.6. The first-order valence-electron chi connectivity index (χ1n) is 8.17. The molecule has 29 heavy (non-hydrogen) atoms. The molecule has 0 saturated heterocycles. The molecule has 8 nitrogen and oxygen atoms in total. The first-order valence-corrected chi connectivity index (χ1v) is 9.97. The summed E-state index contributed by atoms with van der Waals surface area (Å²) in [6.45, 7) is 3.77. The predicted octanol–water partition coefficient (Wildman–Crippen LogP) is 4.10. The van der Waals surface area contributed by atoms with Crippen LogP contribution in [0.5, 0.6) is 0 Å². The lowest BCUT2D eigenvalue weighted by molar-refractivity contribution is -0.137. The maximum absolute atomic E-state index is 12.7. The van der Waals surface area contributed by atoms with Crippen molar-refractivity contribution in [2.75, 3.05) is 0 Å². The van der Waals surface area contributed by atoms with Crippen molar-refractivity contribution in [2.45, 2.75) is 31.0 Å². The molecule has 3 heterocycles. The van der Waals surface area contributed by atoms with Crippen molar-refractivity contribution < 1.29 is 17.6 Å². The monoisotopic (exact) mass is 439 g/mol. The van der Waals surface area contributed by atoms with Crippen LogP contribution < -0.4 is 0 Å². The molecule has 0 fully saturated rings. The van der Waals surface area contributed by atoms with Crippen molar-refractivity contribution in [3.05, 3.63) is 46.4 Å². The normalized spacial score (nSPS) is 11.9. The third kappa shape index (κ3) is 4.15. The van der Waals surface area contributed by atoms with E-state index in [0.717, 1.165) is 27.7 Å². The van der Waals surface area contributed by atoms with Gasteiger partial charge >= 0.3 is 6.18 Å². The highest BCUT2D eigenvalue weighted by atomic mass is 32.2. The van der Waals surface area contributed by atoms with Gasteiger partial charge in [-0.15, -0.1) is 26.6 Å². The lowest BCUT2D eigenvalue weighted by Crippen LogP contribution is -2.06. The summed E-state index contributed by atoms with van der Waals surface area (Å²) < 4.78 is 45.2. The minimum atomic E-state index is -4.40. The Morgan fingerprint density at radius 1 is 1.10 bits per heavy atom. The number of rotatable bonds is 5. The van der Waals surface area contributed by atoms with Gasteiger partial charge in [0.2, 0.25) is 0 Å². The molecule has 0 amide bonds. The lowest BCUT2D eigenvalue weighted by Gasteiger charge is -2.08. The van der Waals surface area contributed by atoms with Gasteiger partial charge in [-0.2, -0.15) is 17.9 Å². The summed E-state index contributed by atoms with van der Waals surface area (Å²) in [7, 11) is 0. The molecule has 4 aromatic rings. The minimum Gasteiger partial charge on any atom is -0.410 e. The van der Waals surface area contributed by atoms with Crippen molar-refractivity contribution in [1.29, 1.82) is 0 Å². The number of nitrogens with zero attached hydrogens (tertiary/aromatic N) is 7. The molecular formula is C16H12F3N7OS2. The van der Waals surface area contributed by atoms with Crippen LogP contribution in [0.25, 0.3) is 16.5 Å². The Hall–Kier alpha value is -2.80. The number of aryl methyl sites for hydroxylation is 2. The average molecular weight is 439 g/mol. The quantitative estimate of drug-likeness (QED) is 0.429. The third-order valence-electron chi connectivity index (χ3n) is 3.80. The van der Waals surface area contributed by atoms with Crippen molar-refractivity contribution in [1.82, 2.24) is 35.4 Å². The zero-order valence-electron chi connectivity index (χ0n) is 15.0. The van der Waals surface area contributed by atoms with Gasteiger partial charge in [-0.25, -0.2) is 4.98 Å². The van der Waals surface area contributed by atoms with Gasteiger partial charge in [0.05, 0.1) is 27.7 Å². The number of halogens is 3. The maximum atomic E-state index is 12.7. The van der Waals surface area contributed by atoms with Gasteiger partial charge in [-0.1, -0.05) is 11.8 Å². The number of thioether (sulfide) groups is 1. The van der Waals surface area contributed by atoms with Crippen LogP contribution in [0.1, 0.15) is 22.1 Å². The van der Waals surface area contributed by atoms with E-state index in [4.69, 9.17) is 4.42 Å². The van der Waals surface area contributed by atoms with Gasteiger partial charge in [0.15, 0.2) is 5.82 Å². The number of aromatic nitrogens is 7. The fourth-order valence-corrected chi connectivity index (χ4v) is 4.01. The van der Waals surface area contributed by atoms with Crippen molar-refractivity contribution in [3.63, 3.8) is 0 Å². The maximum Gasteiger partial charge on any atom is 0.416 e. The van der Waals surface area contributed by atoms with E-state index in [9.17, 15) is 13.2 Å². The minimum absolute atomic E-state index is 0.288. The summed E-state index contributed by atoms with van der Waals surface area (Å²) in [6.07, 6.45) is -4.40. The summed E-state index contributed by atoms with van der Waals surface area (Å²) in [6, 6.07) is 4.59. The van der Waals surface area contributed by atoms with Crippen molar-refractivity contribution in [2.24, 2.45) is 0 Å². The van der Waals surface area contributed by atoms with E-state index in [1.165, 1.54) is 39.9 Å². The molecule has 0 N–H and O–H groups in total. The first kappa shape index (κ1) is 19.5. The van der Waals surface area contributed by atoms with E-state index >= 15 is 0 Å². The van der Waals surface area contributed by atoms with Gasteiger partial charge < -0.3 is 4.42 Å². The second-order valence-electron chi connectivity index (χ2n) is 5.86. The molecule has 0 spiro atoms. The Kier molecular flexibility index (Phi) is 5.08. The molecule has 13 heteroatoms. The van der Waals surface area contributed by atoms with E-state index in [2.05, 4.69) is 30.7 Å². The average Bonchev–Trinajstić information content (AvgIpc) is 3.39. The molecule has 0 aliphatic rings. The van der Waals surface area contributed by atoms with E-state index in [1.807, 2.05) is 13.8 Å². The third-order valence-corrected chi connectivity index (χ3v) is 5.68. The molecule has 0 unspecified atom stereocenters. The number of benzene rings is 1. The number of tetrazole rings is 1. The molecule has 3 aromatic heterocycles. The van der Waals surface area contributed by atoms with Crippen molar-refractivity contribution >= 4 is 23.1 Å². The van der Waals surface area contributed by atoms with Crippen LogP contribution in [-0.2, 0) is 11.9 Å². The van der Waals surface area contributed by atoms with Crippen LogP contribution in [0.3, 0.4) is 0 Å². The smallest absolute Gasteiger partial charge is 0.410 e.